The van der Waals surface area contributed by atoms with E-state index in [-0.39, 0.29) is 30.3 Å². The van der Waals surface area contributed by atoms with Gasteiger partial charge < -0.3 is 10.4 Å². The predicted molar refractivity (Wildman–Crippen MR) is 90.5 cm³/mol. The van der Waals surface area contributed by atoms with Crippen molar-refractivity contribution in [2.45, 2.75) is 31.3 Å². The summed E-state index contributed by atoms with van der Waals surface area (Å²) < 4.78 is 27.3. The van der Waals surface area contributed by atoms with Gasteiger partial charge in [-0.15, -0.1) is 5.10 Å². The van der Waals surface area contributed by atoms with Crippen LogP contribution in [0.3, 0.4) is 0 Å². The zero-order chi connectivity index (χ0) is 19.2. The lowest BCUT2D eigenvalue weighted by molar-refractivity contribution is -0.138. The van der Waals surface area contributed by atoms with Crippen LogP contribution in [0.4, 0.5) is 0 Å². The van der Waals surface area contributed by atoms with Crippen LogP contribution in [0.25, 0.3) is 0 Å². The number of nitrogens with zero attached hydrogens (tertiary/aromatic N) is 3. The van der Waals surface area contributed by atoms with Crippen molar-refractivity contribution in [2.75, 3.05) is 6.54 Å². The molecule has 0 unspecified atom stereocenters. The Labute approximate surface area is 150 Å². The van der Waals surface area contributed by atoms with Crippen LogP contribution in [0, 0.1) is 0 Å². The van der Waals surface area contributed by atoms with Crippen molar-refractivity contribution >= 4 is 21.9 Å². The van der Waals surface area contributed by atoms with Crippen LogP contribution in [0.2, 0.25) is 0 Å². The van der Waals surface area contributed by atoms with Gasteiger partial charge in [-0.2, -0.15) is 0 Å². The number of rotatable bonds is 9. The molecule has 0 aliphatic carbocycles. The van der Waals surface area contributed by atoms with Crippen LogP contribution in [0.15, 0.2) is 35.4 Å². The van der Waals surface area contributed by atoms with Gasteiger partial charge in [0.15, 0.2) is 0 Å². The highest BCUT2D eigenvalue weighted by molar-refractivity contribution is 7.89. The van der Waals surface area contributed by atoms with E-state index in [1.807, 2.05) is 0 Å². The first-order valence-electron chi connectivity index (χ1n) is 7.76. The molecule has 2 rings (SSSR count). The first-order chi connectivity index (χ1) is 12.3. The van der Waals surface area contributed by atoms with Gasteiger partial charge in [0.25, 0.3) is 0 Å². The second kappa shape index (κ2) is 8.54. The van der Waals surface area contributed by atoms with Crippen molar-refractivity contribution in [2.24, 2.45) is 0 Å². The van der Waals surface area contributed by atoms with E-state index in [4.69, 9.17) is 5.11 Å². The molecule has 0 aliphatic rings. The Morgan fingerprint density at radius 3 is 2.54 bits per heavy atom. The molecule has 0 saturated carbocycles. The molecule has 1 aromatic carbocycles. The third-order valence-corrected chi connectivity index (χ3v) is 4.84. The molecule has 11 heteroatoms. The van der Waals surface area contributed by atoms with E-state index in [1.165, 1.54) is 18.3 Å². The zero-order valence-corrected chi connectivity index (χ0v) is 14.9. The van der Waals surface area contributed by atoms with Gasteiger partial charge in [-0.3, -0.25) is 9.59 Å². The molecular formula is C15H19N5O5S. The summed E-state index contributed by atoms with van der Waals surface area (Å²) in [6.07, 6.45) is 1.51. The molecule has 1 aromatic heterocycles. The van der Waals surface area contributed by atoms with E-state index in [9.17, 15) is 18.0 Å². The number of hydrogen-bond donors (Lipinski definition) is 3. The molecule has 10 nitrogen and oxygen atoms in total. The van der Waals surface area contributed by atoms with Crippen LogP contribution in [-0.4, -0.2) is 46.9 Å². The molecule has 0 atom stereocenters. The van der Waals surface area contributed by atoms with E-state index in [0.717, 1.165) is 4.68 Å². The molecule has 2 aromatic rings. The van der Waals surface area contributed by atoms with Gasteiger partial charge in [-0.1, -0.05) is 24.3 Å². The first kappa shape index (κ1) is 19.5. The van der Waals surface area contributed by atoms with Gasteiger partial charge in [-0.05, 0) is 17.7 Å². The highest BCUT2D eigenvalue weighted by atomic mass is 32.2. The fourth-order valence-electron chi connectivity index (χ4n) is 2.13. The second-order valence-corrected chi connectivity index (χ2v) is 7.17. The van der Waals surface area contributed by atoms with Gasteiger partial charge in [-0.25, -0.2) is 17.8 Å². The minimum atomic E-state index is -3.52. The van der Waals surface area contributed by atoms with E-state index >= 15 is 0 Å². The lowest BCUT2D eigenvalue weighted by Crippen LogP contribution is -2.25. The maximum Gasteiger partial charge on any atom is 0.325 e. The van der Waals surface area contributed by atoms with E-state index in [0.29, 0.717) is 17.8 Å². The predicted octanol–water partition coefficient (Wildman–Crippen LogP) is -0.480. The van der Waals surface area contributed by atoms with E-state index < -0.39 is 16.0 Å². The van der Waals surface area contributed by atoms with Crippen molar-refractivity contribution in [1.82, 2.24) is 25.0 Å². The summed E-state index contributed by atoms with van der Waals surface area (Å²) in [6, 6.07) is 6.04. The van der Waals surface area contributed by atoms with Gasteiger partial charge >= 0.3 is 5.97 Å². The highest BCUT2D eigenvalue weighted by Crippen LogP contribution is 2.11. The Morgan fingerprint density at radius 1 is 1.23 bits per heavy atom. The Morgan fingerprint density at radius 2 is 1.92 bits per heavy atom. The number of sulfonamides is 1. The van der Waals surface area contributed by atoms with E-state index in [1.54, 1.807) is 19.1 Å². The molecule has 0 aliphatic heterocycles. The van der Waals surface area contributed by atoms with E-state index in [2.05, 4.69) is 20.4 Å². The molecule has 0 saturated heterocycles. The minimum absolute atomic E-state index is 0.0742. The number of aromatic nitrogens is 3. The number of carboxylic acid groups (broad SMARTS) is 1. The Balaban J connectivity index is 1.88. The second-order valence-electron chi connectivity index (χ2n) is 5.40. The van der Waals surface area contributed by atoms with Crippen LogP contribution in [-0.2, 0) is 39.1 Å². The molecule has 0 fully saturated rings. The number of carboxylic acids is 1. The van der Waals surface area contributed by atoms with Crippen LogP contribution < -0.4 is 10.0 Å². The monoisotopic (exact) mass is 381 g/mol. The molecule has 0 radical (unpaired) electrons. The Bertz CT molecular complexity index is 876. The number of hydrogen-bond acceptors (Lipinski definition) is 6. The average molecular weight is 381 g/mol. The largest absolute Gasteiger partial charge is 0.480 e. The summed E-state index contributed by atoms with van der Waals surface area (Å²) in [6.45, 7) is 1.80. The minimum Gasteiger partial charge on any atom is -0.480 e. The maximum absolute atomic E-state index is 12.0. The quantitative estimate of drug-likeness (QED) is 0.532. The molecule has 3 N–H and O–H groups in total. The van der Waals surface area contributed by atoms with Crippen molar-refractivity contribution in [3.63, 3.8) is 0 Å². The lowest BCUT2D eigenvalue weighted by Gasteiger charge is -2.06. The summed E-state index contributed by atoms with van der Waals surface area (Å²) in [5, 5.41) is 18.7. The number of nitrogens with one attached hydrogen (secondary N) is 2. The maximum atomic E-state index is 12.0. The number of amides is 1. The number of benzene rings is 1. The average Bonchev–Trinajstić information content (AvgIpc) is 3.00. The Kier molecular flexibility index (Phi) is 6.41. The summed E-state index contributed by atoms with van der Waals surface area (Å²) in [7, 11) is -3.52. The summed E-state index contributed by atoms with van der Waals surface area (Å²) >= 11 is 0. The third-order valence-electron chi connectivity index (χ3n) is 3.28. The van der Waals surface area contributed by atoms with Crippen LogP contribution >= 0.6 is 0 Å². The van der Waals surface area contributed by atoms with Gasteiger partial charge in [0, 0.05) is 6.54 Å². The molecular weight excluding hydrogens is 362 g/mol. The molecule has 1 heterocycles. The fraction of sp³-hybridized carbons (Fsp3) is 0.333. The number of carbonyl (C=O) groups is 2. The standard InChI is InChI=1S/C15H19N5O5S/c1-2-17-26(24,25)13-5-3-11(4-6-13)7-14(21)16-8-12-9-20(19-18-12)10-15(22)23/h3-6,9,17H,2,7-8,10H2,1H3,(H,16,21)(H,22,23). The van der Waals surface area contributed by atoms with Gasteiger partial charge in [0.1, 0.15) is 12.2 Å². The lowest BCUT2D eigenvalue weighted by atomic mass is 10.1. The van der Waals surface area contributed by atoms with Gasteiger partial charge in [0.05, 0.1) is 24.1 Å². The Hall–Kier alpha value is -2.79. The molecule has 0 bridgehead atoms. The smallest absolute Gasteiger partial charge is 0.325 e. The van der Waals surface area contributed by atoms with Crippen molar-refractivity contribution < 1.29 is 23.1 Å². The van der Waals surface area contributed by atoms with Crippen LogP contribution in [0.5, 0.6) is 0 Å². The van der Waals surface area contributed by atoms with Crippen LogP contribution in [0.1, 0.15) is 18.2 Å². The first-order valence-corrected chi connectivity index (χ1v) is 9.24. The normalized spacial score (nSPS) is 11.3. The zero-order valence-electron chi connectivity index (χ0n) is 14.0. The molecule has 26 heavy (non-hydrogen) atoms. The number of aliphatic carboxylic acids is 1. The van der Waals surface area contributed by atoms with Crippen molar-refractivity contribution in [3.8, 4) is 0 Å². The van der Waals surface area contributed by atoms with Crippen molar-refractivity contribution in [3.05, 3.63) is 41.7 Å². The number of carbonyl (C=O) groups excluding carboxylic acids is 1. The SMILES string of the molecule is CCNS(=O)(=O)c1ccc(CC(=O)NCc2cn(CC(=O)O)nn2)cc1. The molecule has 140 valence electrons. The fourth-order valence-corrected chi connectivity index (χ4v) is 3.17. The molecule has 1 amide bonds. The third kappa shape index (κ3) is 5.63. The highest BCUT2D eigenvalue weighted by Gasteiger charge is 2.13. The van der Waals surface area contributed by atoms with Gasteiger partial charge in [0.2, 0.25) is 15.9 Å². The topological polar surface area (TPSA) is 143 Å². The van der Waals surface area contributed by atoms with Crippen molar-refractivity contribution in [1.29, 1.82) is 0 Å². The molecule has 0 spiro atoms. The summed E-state index contributed by atoms with van der Waals surface area (Å²) in [5.41, 5.74) is 1.10. The summed E-state index contributed by atoms with van der Waals surface area (Å²) in [5.74, 6) is -1.31. The summed E-state index contributed by atoms with van der Waals surface area (Å²) in [4.78, 5) is 22.7.